The van der Waals surface area contributed by atoms with Crippen LogP contribution in [0.3, 0.4) is 0 Å². The van der Waals surface area contributed by atoms with Crippen LogP contribution in [0, 0.1) is 0 Å². The van der Waals surface area contributed by atoms with Crippen LogP contribution in [0.25, 0.3) is 0 Å². The first-order valence-corrected chi connectivity index (χ1v) is 3.32. The Morgan fingerprint density at radius 1 is 1.50 bits per heavy atom. The number of hydrogen-bond acceptors (Lipinski definition) is 3. The lowest BCUT2D eigenvalue weighted by Gasteiger charge is -2.04. The van der Waals surface area contributed by atoms with Crippen molar-refractivity contribution in [1.29, 1.82) is 0 Å². The molecule has 0 aromatic rings. The largest absolute Gasteiger partial charge is 0.396 e. The molecule has 3 N–H and O–H groups in total. The van der Waals surface area contributed by atoms with Gasteiger partial charge in [0.05, 0.1) is 0 Å². The van der Waals surface area contributed by atoms with Crippen LogP contribution in [-0.2, 0) is 0 Å². The number of aliphatic hydroxyl groups excluding tert-OH is 1. The third kappa shape index (κ3) is 4.43. The van der Waals surface area contributed by atoms with Gasteiger partial charge in [-0.3, -0.25) is 0 Å². The number of nitrogens with two attached hydrogens (primary N) is 1. The molecule has 0 heterocycles. The van der Waals surface area contributed by atoms with Crippen molar-refractivity contribution in [3.63, 3.8) is 0 Å². The molecule has 0 aliphatic heterocycles. The van der Waals surface area contributed by atoms with Gasteiger partial charge in [-0.05, 0) is 19.4 Å². The molecule has 50 valence electrons. The van der Waals surface area contributed by atoms with Crippen LogP contribution in [0.4, 0.5) is 0 Å². The Morgan fingerprint density at radius 3 is 2.50 bits per heavy atom. The molecule has 0 aliphatic rings. The third-order valence-electron chi connectivity index (χ3n) is 0.962. The summed E-state index contributed by atoms with van der Waals surface area (Å²) in [5, 5.41) is 8.66. The van der Waals surface area contributed by atoms with Gasteiger partial charge in [-0.2, -0.15) is 12.6 Å². The van der Waals surface area contributed by atoms with Crippen LogP contribution in [-0.4, -0.2) is 23.5 Å². The van der Waals surface area contributed by atoms with E-state index in [1.807, 2.05) is 0 Å². The topological polar surface area (TPSA) is 46.2 Å². The summed E-state index contributed by atoms with van der Waals surface area (Å²) in [7, 11) is 0. The first-order valence-electron chi connectivity index (χ1n) is 2.80. The number of thiol groups is 1. The summed E-state index contributed by atoms with van der Waals surface area (Å²) < 4.78 is 0. The Bertz CT molecular complexity index is 45.7. The van der Waals surface area contributed by atoms with Gasteiger partial charge in [-0.15, -0.1) is 0 Å². The Kier molecular flexibility index (Phi) is 5.59. The van der Waals surface area contributed by atoms with E-state index in [0.29, 0.717) is 6.54 Å². The molecule has 0 bridgehead atoms. The van der Waals surface area contributed by atoms with Crippen molar-refractivity contribution < 1.29 is 5.11 Å². The highest BCUT2D eigenvalue weighted by Crippen LogP contribution is 2.02. The smallest absolute Gasteiger partial charge is 0.0441 e. The quantitative estimate of drug-likeness (QED) is 0.476. The molecule has 0 fully saturated rings. The molecule has 1 unspecified atom stereocenters. The summed E-state index contributed by atoms with van der Waals surface area (Å²) in [6.45, 7) is 0.877. The zero-order chi connectivity index (χ0) is 6.41. The fourth-order valence-corrected chi connectivity index (χ4v) is 0.750. The molecular formula is C5H13NOS. The second-order valence-electron chi connectivity index (χ2n) is 1.74. The highest BCUT2D eigenvalue weighted by atomic mass is 32.1. The highest BCUT2D eigenvalue weighted by molar-refractivity contribution is 7.80. The van der Waals surface area contributed by atoms with Crippen molar-refractivity contribution in [2.45, 2.75) is 18.1 Å². The lowest BCUT2D eigenvalue weighted by Crippen LogP contribution is -2.09. The predicted octanol–water partition coefficient (Wildman–Crippen LogP) is 0.0160. The molecule has 0 aromatic heterocycles. The molecule has 0 rings (SSSR count). The van der Waals surface area contributed by atoms with Crippen LogP contribution < -0.4 is 5.73 Å². The lowest BCUT2D eigenvalue weighted by atomic mass is 10.2. The van der Waals surface area contributed by atoms with E-state index < -0.39 is 0 Å². The molecule has 3 heteroatoms. The van der Waals surface area contributed by atoms with Gasteiger partial charge in [-0.1, -0.05) is 0 Å². The Hall–Kier alpha value is 0.270. The maximum absolute atomic E-state index is 8.37. The second kappa shape index (κ2) is 5.41. The van der Waals surface area contributed by atoms with Gasteiger partial charge in [0.25, 0.3) is 0 Å². The van der Waals surface area contributed by atoms with Crippen LogP contribution in [0.5, 0.6) is 0 Å². The van der Waals surface area contributed by atoms with Gasteiger partial charge in [0.2, 0.25) is 0 Å². The standard InChI is InChI=1S/C5H13NOS/c6-3-1-5(8)2-4-7/h5,7-8H,1-4,6H2. The second-order valence-corrected chi connectivity index (χ2v) is 2.47. The Balaban J connectivity index is 2.92. The van der Waals surface area contributed by atoms with Crippen molar-refractivity contribution in [2.24, 2.45) is 5.73 Å². The van der Waals surface area contributed by atoms with E-state index in [0.717, 1.165) is 12.8 Å². The van der Waals surface area contributed by atoms with Gasteiger partial charge >= 0.3 is 0 Å². The van der Waals surface area contributed by atoms with Crippen molar-refractivity contribution in [2.75, 3.05) is 13.2 Å². The average Bonchev–Trinajstić information content (AvgIpc) is 1.68. The summed E-state index contributed by atoms with van der Waals surface area (Å²) in [6, 6.07) is 0. The van der Waals surface area contributed by atoms with Gasteiger partial charge < -0.3 is 10.8 Å². The number of hydrogen-bond donors (Lipinski definition) is 3. The van der Waals surface area contributed by atoms with Crippen molar-refractivity contribution >= 4 is 12.6 Å². The van der Waals surface area contributed by atoms with E-state index in [9.17, 15) is 0 Å². The third-order valence-corrected chi connectivity index (χ3v) is 1.48. The van der Waals surface area contributed by atoms with E-state index in [-0.39, 0.29) is 11.9 Å². The zero-order valence-corrected chi connectivity index (χ0v) is 5.77. The molecule has 0 aliphatic carbocycles. The SMILES string of the molecule is NCCC(S)CCO. The van der Waals surface area contributed by atoms with E-state index in [2.05, 4.69) is 12.6 Å². The average molecular weight is 135 g/mol. The first-order chi connectivity index (χ1) is 3.81. The minimum Gasteiger partial charge on any atom is -0.396 e. The van der Waals surface area contributed by atoms with Gasteiger partial charge in [0.15, 0.2) is 0 Å². The van der Waals surface area contributed by atoms with Crippen LogP contribution in [0.15, 0.2) is 0 Å². The monoisotopic (exact) mass is 135 g/mol. The highest BCUT2D eigenvalue weighted by Gasteiger charge is 1.97. The molecule has 2 nitrogen and oxygen atoms in total. The maximum Gasteiger partial charge on any atom is 0.0441 e. The molecule has 0 saturated carbocycles. The first kappa shape index (κ1) is 8.27. The summed E-state index contributed by atoms with van der Waals surface area (Å²) in [5.74, 6) is 0. The minimum atomic E-state index is 0.216. The number of aliphatic hydroxyl groups is 1. The molecule has 1 atom stereocenters. The van der Waals surface area contributed by atoms with Gasteiger partial charge in [0, 0.05) is 11.9 Å². The lowest BCUT2D eigenvalue weighted by molar-refractivity contribution is 0.286. The van der Waals surface area contributed by atoms with E-state index in [1.165, 1.54) is 0 Å². The summed E-state index contributed by atoms with van der Waals surface area (Å²) in [4.78, 5) is 0. The van der Waals surface area contributed by atoms with E-state index in [4.69, 9.17) is 10.8 Å². The maximum atomic E-state index is 8.37. The van der Waals surface area contributed by atoms with Crippen molar-refractivity contribution in [3.05, 3.63) is 0 Å². The molecular weight excluding hydrogens is 122 g/mol. The normalized spacial score (nSPS) is 13.9. The van der Waals surface area contributed by atoms with Crippen LogP contribution in [0.2, 0.25) is 0 Å². The predicted molar refractivity (Wildman–Crippen MR) is 38.1 cm³/mol. The molecule has 0 spiro atoms. The van der Waals surface area contributed by atoms with Gasteiger partial charge in [-0.25, -0.2) is 0 Å². The molecule has 0 saturated heterocycles. The number of rotatable bonds is 4. The van der Waals surface area contributed by atoms with E-state index in [1.54, 1.807) is 0 Å². The Morgan fingerprint density at radius 2 is 2.12 bits per heavy atom. The van der Waals surface area contributed by atoms with Crippen LogP contribution >= 0.6 is 12.6 Å². The Labute approximate surface area is 55.5 Å². The van der Waals surface area contributed by atoms with Crippen LogP contribution in [0.1, 0.15) is 12.8 Å². The fraction of sp³-hybridized carbons (Fsp3) is 1.00. The van der Waals surface area contributed by atoms with Crippen molar-refractivity contribution in [1.82, 2.24) is 0 Å². The summed E-state index contributed by atoms with van der Waals surface area (Å²) in [6.07, 6.45) is 1.64. The molecule has 8 heavy (non-hydrogen) atoms. The fourth-order valence-electron chi connectivity index (χ4n) is 0.486. The van der Waals surface area contributed by atoms with Gasteiger partial charge in [0.1, 0.15) is 0 Å². The minimum absolute atomic E-state index is 0.216. The zero-order valence-electron chi connectivity index (χ0n) is 4.88. The summed E-state index contributed by atoms with van der Waals surface area (Å²) >= 11 is 4.15. The van der Waals surface area contributed by atoms with Crippen molar-refractivity contribution in [3.8, 4) is 0 Å². The molecule has 0 radical (unpaired) electrons. The molecule has 0 amide bonds. The molecule has 0 aromatic carbocycles. The van der Waals surface area contributed by atoms with E-state index >= 15 is 0 Å². The summed E-state index contributed by atoms with van der Waals surface area (Å²) in [5.41, 5.74) is 5.23.